The predicted molar refractivity (Wildman–Crippen MR) is 187 cm³/mol. The lowest BCUT2D eigenvalue weighted by Gasteiger charge is -2.30. The average molecular weight is 657 g/mol. The first kappa shape index (κ1) is 43.7. The van der Waals surface area contributed by atoms with Crippen LogP contribution >= 0.6 is 7.82 Å². The molecule has 0 aromatic carbocycles. The van der Waals surface area contributed by atoms with Crippen molar-refractivity contribution in [2.75, 3.05) is 40.9 Å². The lowest BCUT2D eigenvalue weighted by Crippen LogP contribution is -2.46. The molecule has 0 saturated heterocycles. The topological polar surface area (TPSA) is 108 Å². The molecule has 0 fully saturated rings. The molecule has 1 amide bonds. The van der Waals surface area contributed by atoms with Crippen molar-refractivity contribution in [1.82, 2.24) is 5.32 Å². The number of hydrogen-bond donors (Lipinski definition) is 2. The highest BCUT2D eigenvalue weighted by molar-refractivity contribution is 7.45. The number of aliphatic hydroxyl groups excluding tert-OH is 1. The van der Waals surface area contributed by atoms with Gasteiger partial charge in [0.2, 0.25) is 5.91 Å². The van der Waals surface area contributed by atoms with E-state index in [-0.39, 0.29) is 19.1 Å². The summed E-state index contributed by atoms with van der Waals surface area (Å²) >= 11 is 0. The smallest absolute Gasteiger partial charge is 0.268 e. The number of unbranched alkanes of at least 4 members (excludes halogenated alkanes) is 12. The SMILES string of the molecule is CCCCC/C=C\C/C=C\C/C=C\CCCCCCCCC(=O)NC(COP(=O)([O-])OCC[N+](C)(C)C)C(O)CCCCCC. The number of carbonyl (C=O) groups is 1. The Morgan fingerprint density at radius 1 is 0.778 bits per heavy atom. The minimum atomic E-state index is -4.54. The molecular formula is C36H69N2O6P. The number of likely N-dealkylation sites (N-methyl/N-ethyl adjacent to an activating group) is 1. The number of nitrogens with one attached hydrogen (secondary N) is 1. The summed E-state index contributed by atoms with van der Waals surface area (Å²) in [5.74, 6) is -0.190. The molecule has 0 aromatic rings. The molecule has 0 saturated carbocycles. The van der Waals surface area contributed by atoms with Crippen LogP contribution in [-0.4, -0.2) is 68.5 Å². The van der Waals surface area contributed by atoms with Crippen LogP contribution in [0.25, 0.3) is 0 Å². The molecule has 0 aliphatic rings. The van der Waals surface area contributed by atoms with E-state index in [9.17, 15) is 19.4 Å². The third-order valence-electron chi connectivity index (χ3n) is 7.63. The number of quaternary nitrogens is 1. The summed E-state index contributed by atoms with van der Waals surface area (Å²) in [6.07, 6.45) is 32.0. The summed E-state index contributed by atoms with van der Waals surface area (Å²) in [6, 6.07) is -0.802. The Bertz CT molecular complexity index is 840. The van der Waals surface area contributed by atoms with Crippen LogP contribution in [0.5, 0.6) is 0 Å². The van der Waals surface area contributed by atoms with E-state index >= 15 is 0 Å². The van der Waals surface area contributed by atoms with Gasteiger partial charge in [0, 0.05) is 6.42 Å². The van der Waals surface area contributed by atoms with Gasteiger partial charge in [-0.05, 0) is 51.4 Å². The second-order valence-electron chi connectivity index (χ2n) is 13.2. The molecule has 0 aromatic heterocycles. The first-order valence-corrected chi connectivity index (χ1v) is 19.3. The fourth-order valence-corrected chi connectivity index (χ4v) is 5.41. The van der Waals surface area contributed by atoms with Gasteiger partial charge in [-0.2, -0.15) is 0 Å². The van der Waals surface area contributed by atoms with Crippen LogP contribution in [0.4, 0.5) is 0 Å². The molecule has 2 N–H and O–H groups in total. The lowest BCUT2D eigenvalue weighted by molar-refractivity contribution is -0.870. The Kier molecular flexibility index (Phi) is 28.1. The number of aliphatic hydroxyl groups is 1. The normalized spacial score (nSPS) is 15.3. The standard InChI is InChI=1S/C36H69N2O6P/c1-6-8-10-12-13-14-15-16-17-18-19-20-21-22-23-24-25-26-28-30-36(40)37-34(35(39)29-27-11-9-7-2)33-44-45(41,42)43-32-31-38(3,4)5/h13-14,16-17,19-20,34-35,39H,6-12,15,18,21-33H2,1-5H3,(H-,37,40,41,42)/b14-13-,17-16-,20-19-. The first-order chi connectivity index (χ1) is 21.5. The summed E-state index contributed by atoms with van der Waals surface area (Å²) in [7, 11) is 1.28. The van der Waals surface area contributed by atoms with Crippen LogP contribution in [0, 0.1) is 0 Å². The highest BCUT2D eigenvalue weighted by Gasteiger charge is 2.24. The van der Waals surface area contributed by atoms with Crippen LogP contribution in [0.15, 0.2) is 36.5 Å². The van der Waals surface area contributed by atoms with Crippen molar-refractivity contribution in [2.24, 2.45) is 0 Å². The predicted octanol–water partition coefficient (Wildman–Crippen LogP) is 8.16. The summed E-state index contributed by atoms with van der Waals surface area (Å²) in [5, 5.41) is 13.6. The van der Waals surface area contributed by atoms with Crippen LogP contribution in [0.2, 0.25) is 0 Å². The largest absolute Gasteiger partial charge is 0.756 e. The van der Waals surface area contributed by atoms with E-state index in [1.807, 2.05) is 21.1 Å². The summed E-state index contributed by atoms with van der Waals surface area (Å²) in [4.78, 5) is 24.9. The molecule has 8 nitrogen and oxygen atoms in total. The summed E-state index contributed by atoms with van der Waals surface area (Å²) < 4.78 is 22.9. The lowest BCUT2D eigenvalue weighted by atomic mass is 10.0. The molecule has 45 heavy (non-hydrogen) atoms. The van der Waals surface area contributed by atoms with Gasteiger partial charge >= 0.3 is 0 Å². The number of rotatable bonds is 31. The van der Waals surface area contributed by atoms with Crippen LogP contribution < -0.4 is 10.2 Å². The molecule has 3 atom stereocenters. The van der Waals surface area contributed by atoms with Gasteiger partial charge in [0.25, 0.3) is 7.82 Å². The van der Waals surface area contributed by atoms with E-state index in [2.05, 4.69) is 55.6 Å². The van der Waals surface area contributed by atoms with Gasteiger partial charge in [-0.25, -0.2) is 0 Å². The van der Waals surface area contributed by atoms with Crippen LogP contribution in [0.3, 0.4) is 0 Å². The Labute approximate surface area is 276 Å². The fraction of sp³-hybridized carbons (Fsp3) is 0.806. The maximum absolute atomic E-state index is 12.6. The van der Waals surface area contributed by atoms with E-state index < -0.39 is 20.0 Å². The third kappa shape index (κ3) is 31.1. The van der Waals surface area contributed by atoms with Crippen molar-refractivity contribution in [2.45, 2.75) is 148 Å². The molecule has 0 bridgehead atoms. The number of allylic oxidation sites excluding steroid dienone is 6. The molecule has 0 aliphatic carbocycles. The van der Waals surface area contributed by atoms with E-state index in [0.29, 0.717) is 23.9 Å². The van der Waals surface area contributed by atoms with E-state index in [0.717, 1.165) is 70.6 Å². The zero-order chi connectivity index (χ0) is 33.7. The van der Waals surface area contributed by atoms with Gasteiger partial charge in [0.15, 0.2) is 0 Å². The molecule has 3 unspecified atom stereocenters. The summed E-state index contributed by atoms with van der Waals surface area (Å²) in [5.41, 5.74) is 0. The Morgan fingerprint density at radius 2 is 1.29 bits per heavy atom. The van der Waals surface area contributed by atoms with Crippen LogP contribution in [-0.2, 0) is 18.4 Å². The monoisotopic (exact) mass is 656 g/mol. The number of hydrogen-bond acceptors (Lipinski definition) is 6. The zero-order valence-electron chi connectivity index (χ0n) is 29.6. The molecule has 0 rings (SSSR count). The molecule has 0 heterocycles. The van der Waals surface area contributed by atoms with Gasteiger partial charge in [-0.15, -0.1) is 0 Å². The zero-order valence-corrected chi connectivity index (χ0v) is 30.5. The van der Waals surface area contributed by atoms with E-state index in [1.165, 1.54) is 38.5 Å². The average Bonchev–Trinajstić information content (AvgIpc) is 2.97. The number of phosphoric acid groups is 1. The van der Waals surface area contributed by atoms with Gasteiger partial charge in [0.05, 0.1) is 39.9 Å². The molecule has 264 valence electrons. The Morgan fingerprint density at radius 3 is 1.89 bits per heavy atom. The Balaban J connectivity index is 4.23. The van der Waals surface area contributed by atoms with E-state index in [4.69, 9.17) is 9.05 Å². The molecule has 9 heteroatoms. The second-order valence-corrected chi connectivity index (χ2v) is 14.6. The van der Waals surface area contributed by atoms with Crippen molar-refractivity contribution in [1.29, 1.82) is 0 Å². The molecule has 0 aliphatic heterocycles. The molecule has 0 radical (unpaired) electrons. The van der Waals surface area contributed by atoms with Crippen molar-refractivity contribution < 1.29 is 32.9 Å². The van der Waals surface area contributed by atoms with Crippen molar-refractivity contribution in [3.8, 4) is 0 Å². The maximum Gasteiger partial charge on any atom is 0.268 e. The number of phosphoric ester groups is 1. The minimum absolute atomic E-state index is 0.00669. The van der Waals surface area contributed by atoms with E-state index in [1.54, 1.807) is 0 Å². The van der Waals surface area contributed by atoms with Gasteiger partial charge < -0.3 is 28.8 Å². The van der Waals surface area contributed by atoms with Crippen LogP contribution in [0.1, 0.15) is 136 Å². The summed E-state index contributed by atoms with van der Waals surface area (Å²) in [6.45, 7) is 4.52. The number of amides is 1. The molecule has 0 spiro atoms. The van der Waals surface area contributed by atoms with Gasteiger partial charge in [-0.3, -0.25) is 9.36 Å². The van der Waals surface area contributed by atoms with Crippen molar-refractivity contribution in [3.63, 3.8) is 0 Å². The maximum atomic E-state index is 12.6. The minimum Gasteiger partial charge on any atom is -0.756 e. The van der Waals surface area contributed by atoms with Crippen molar-refractivity contribution in [3.05, 3.63) is 36.5 Å². The number of carbonyl (C=O) groups excluding carboxylic acids is 1. The number of nitrogens with zero attached hydrogens (tertiary/aromatic N) is 1. The first-order valence-electron chi connectivity index (χ1n) is 17.8. The highest BCUT2D eigenvalue weighted by Crippen LogP contribution is 2.38. The molecular weight excluding hydrogens is 587 g/mol. The van der Waals surface area contributed by atoms with Gasteiger partial charge in [-0.1, -0.05) is 115 Å². The van der Waals surface area contributed by atoms with Crippen molar-refractivity contribution >= 4 is 13.7 Å². The Hall–Kier alpha value is -1.28. The highest BCUT2D eigenvalue weighted by atomic mass is 31.2. The third-order valence-corrected chi connectivity index (χ3v) is 8.60. The quantitative estimate of drug-likeness (QED) is 0.0337. The second kappa shape index (κ2) is 28.9. The van der Waals surface area contributed by atoms with Gasteiger partial charge in [0.1, 0.15) is 13.2 Å². The fourth-order valence-electron chi connectivity index (χ4n) is 4.69.